The number of ether oxygens (including phenoxy) is 1. The van der Waals surface area contributed by atoms with Gasteiger partial charge in [-0.1, -0.05) is 0 Å². The van der Waals surface area contributed by atoms with Crippen LogP contribution >= 0.6 is 0 Å². The van der Waals surface area contributed by atoms with Gasteiger partial charge in [0, 0.05) is 25.9 Å². The minimum Gasteiger partial charge on any atom is -0.396 e. The second kappa shape index (κ2) is 10.5. The number of aliphatic hydroxyl groups excluding tert-OH is 2. The first-order valence-corrected chi connectivity index (χ1v) is 6.08. The zero-order chi connectivity index (χ0) is 14.7. The largest absolute Gasteiger partial charge is 0.396 e. The van der Waals surface area contributed by atoms with Gasteiger partial charge in [-0.05, 0) is 19.8 Å². The molecule has 0 aliphatic rings. The highest BCUT2D eigenvalue weighted by atomic mass is 16.5. The van der Waals surface area contributed by atoms with E-state index in [1.54, 1.807) is 6.92 Å². The number of carbonyl (C=O) groups is 2. The van der Waals surface area contributed by atoms with Crippen LogP contribution in [0.2, 0.25) is 0 Å². The van der Waals surface area contributed by atoms with Crippen molar-refractivity contribution in [3.8, 4) is 0 Å². The van der Waals surface area contributed by atoms with Crippen LogP contribution in [0.3, 0.4) is 0 Å². The van der Waals surface area contributed by atoms with Crippen LogP contribution in [0.5, 0.6) is 0 Å². The lowest BCUT2D eigenvalue weighted by Crippen LogP contribution is -2.35. The summed E-state index contributed by atoms with van der Waals surface area (Å²) in [5.74, 6) is -0.335. The molecule has 2 atom stereocenters. The van der Waals surface area contributed by atoms with E-state index in [1.807, 2.05) is 0 Å². The van der Waals surface area contributed by atoms with Gasteiger partial charge in [0.25, 0.3) is 0 Å². The number of nitrogens with zero attached hydrogens (tertiary/aromatic N) is 1. The Morgan fingerprint density at radius 2 is 2.16 bits per heavy atom. The lowest BCUT2D eigenvalue weighted by Gasteiger charge is -2.26. The highest BCUT2D eigenvalue weighted by molar-refractivity contribution is 5.87. The van der Waals surface area contributed by atoms with Crippen LogP contribution in [0.4, 0.5) is 0 Å². The standard InChI is InChI=1S/C12H22N2O5/c1-10(19-11(8-16)4-3-7-15)14(9-17)6-5-12(18)13-2/h5-6,9-11,15-16H,3-4,7-8H2,1-2H3,(H,13,18)/b6-5-. The average molecular weight is 274 g/mol. The van der Waals surface area contributed by atoms with E-state index >= 15 is 0 Å². The Balaban J connectivity index is 4.40. The third-order valence-corrected chi connectivity index (χ3v) is 2.46. The number of aliphatic hydroxyl groups is 2. The fraction of sp³-hybridized carbons (Fsp3) is 0.667. The van der Waals surface area contributed by atoms with Crippen molar-refractivity contribution in [2.24, 2.45) is 0 Å². The first-order valence-electron chi connectivity index (χ1n) is 6.08. The normalized spacial score (nSPS) is 14.1. The molecule has 2 amide bonds. The Morgan fingerprint density at radius 1 is 1.47 bits per heavy atom. The molecular weight excluding hydrogens is 252 g/mol. The fourth-order valence-electron chi connectivity index (χ4n) is 1.35. The summed E-state index contributed by atoms with van der Waals surface area (Å²) in [4.78, 5) is 23.1. The van der Waals surface area contributed by atoms with E-state index in [4.69, 9.17) is 14.9 Å². The molecule has 0 saturated carbocycles. The Bertz CT molecular complexity index is 296. The molecule has 0 aromatic carbocycles. The van der Waals surface area contributed by atoms with Gasteiger partial charge in [-0.25, -0.2) is 0 Å². The van der Waals surface area contributed by atoms with Gasteiger partial charge in [0.15, 0.2) is 0 Å². The number of carbonyl (C=O) groups excluding carboxylic acids is 2. The van der Waals surface area contributed by atoms with Gasteiger partial charge < -0.3 is 20.3 Å². The van der Waals surface area contributed by atoms with Gasteiger partial charge in [0.05, 0.1) is 12.7 Å². The number of hydrogen-bond donors (Lipinski definition) is 3. The number of amides is 2. The number of nitrogens with one attached hydrogen (secondary N) is 1. The summed E-state index contributed by atoms with van der Waals surface area (Å²) in [6, 6.07) is 0. The molecule has 0 aromatic rings. The van der Waals surface area contributed by atoms with Gasteiger partial charge in [0.1, 0.15) is 6.23 Å². The fourth-order valence-corrected chi connectivity index (χ4v) is 1.35. The van der Waals surface area contributed by atoms with Crippen molar-refractivity contribution in [3.05, 3.63) is 12.3 Å². The summed E-state index contributed by atoms with van der Waals surface area (Å²) in [6.07, 6.45) is 2.96. The van der Waals surface area contributed by atoms with Crippen molar-refractivity contribution in [3.63, 3.8) is 0 Å². The maximum absolute atomic E-state index is 11.0. The van der Waals surface area contributed by atoms with Crippen molar-refractivity contribution in [1.29, 1.82) is 0 Å². The Kier molecular flexibility index (Phi) is 9.69. The maximum Gasteiger partial charge on any atom is 0.245 e. The molecule has 7 heteroatoms. The Hall–Kier alpha value is -1.44. The van der Waals surface area contributed by atoms with E-state index < -0.39 is 12.3 Å². The minimum atomic E-state index is -0.616. The van der Waals surface area contributed by atoms with Crippen LogP contribution in [0.1, 0.15) is 19.8 Å². The quantitative estimate of drug-likeness (QED) is 0.275. The average Bonchev–Trinajstić information content (AvgIpc) is 2.43. The van der Waals surface area contributed by atoms with Crippen molar-refractivity contribution in [2.45, 2.75) is 32.1 Å². The summed E-state index contributed by atoms with van der Waals surface area (Å²) in [7, 11) is 1.48. The summed E-state index contributed by atoms with van der Waals surface area (Å²) in [6.45, 7) is 1.45. The second-order valence-electron chi connectivity index (χ2n) is 3.89. The number of hydrogen-bond acceptors (Lipinski definition) is 5. The molecule has 0 aliphatic carbocycles. The Morgan fingerprint density at radius 3 is 2.63 bits per heavy atom. The topological polar surface area (TPSA) is 99.1 Å². The molecule has 0 aliphatic heterocycles. The predicted molar refractivity (Wildman–Crippen MR) is 68.9 cm³/mol. The summed E-state index contributed by atoms with van der Waals surface area (Å²) in [5, 5.41) is 20.2. The molecule has 0 aromatic heterocycles. The van der Waals surface area contributed by atoms with Gasteiger partial charge in [-0.2, -0.15) is 0 Å². The molecule has 0 bridgehead atoms. The molecular formula is C12H22N2O5. The van der Waals surface area contributed by atoms with Gasteiger partial charge in [0.2, 0.25) is 12.3 Å². The summed E-state index contributed by atoms with van der Waals surface area (Å²) in [5.41, 5.74) is 0. The zero-order valence-corrected chi connectivity index (χ0v) is 11.3. The third kappa shape index (κ3) is 7.55. The molecule has 3 N–H and O–H groups in total. The second-order valence-corrected chi connectivity index (χ2v) is 3.89. The smallest absolute Gasteiger partial charge is 0.245 e. The molecule has 110 valence electrons. The van der Waals surface area contributed by atoms with E-state index in [1.165, 1.54) is 24.2 Å². The van der Waals surface area contributed by atoms with Crippen molar-refractivity contribution in [2.75, 3.05) is 20.3 Å². The van der Waals surface area contributed by atoms with E-state index in [2.05, 4.69) is 5.32 Å². The molecule has 0 saturated heterocycles. The highest BCUT2D eigenvalue weighted by Crippen LogP contribution is 2.08. The van der Waals surface area contributed by atoms with Crippen LogP contribution in [-0.4, -0.2) is 60.0 Å². The van der Waals surface area contributed by atoms with Gasteiger partial charge in [-0.3, -0.25) is 14.5 Å². The number of likely N-dealkylation sites (N-methyl/N-ethyl adjacent to an activating group) is 1. The van der Waals surface area contributed by atoms with E-state index in [9.17, 15) is 9.59 Å². The Labute approximate surface area is 112 Å². The molecule has 0 spiro atoms. The van der Waals surface area contributed by atoms with E-state index in [-0.39, 0.29) is 19.1 Å². The van der Waals surface area contributed by atoms with Crippen LogP contribution in [0.15, 0.2) is 12.3 Å². The van der Waals surface area contributed by atoms with Crippen molar-refractivity contribution < 1.29 is 24.5 Å². The lowest BCUT2D eigenvalue weighted by molar-refractivity contribution is -0.134. The molecule has 0 rings (SSSR count). The highest BCUT2D eigenvalue weighted by Gasteiger charge is 2.16. The number of rotatable bonds is 10. The first kappa shape index (κ1) is 17.6. The van der Waals surface area contributed by atoms with E-state index in [0.717, 1.165) is 0 Å². The zero-order valence-electron chi connectivity index (χ0n) is 11.3. The molecule has 0 heterocycles. The monoisotopic (exact) mass is 274 g/mol. The van der Waals surface area contributed by atoms with Gasteiger partial charge in [-0.15, -0.1) is 0 Å². The van der Waals surface area contributed by atoms with Crippen molar-refractivity contribution >= 4 is 12.3 Å². The maximum atomic E-state index is 11.0. The van der Waals surface area contributed by atoms with Gasteiger partial charge >= 0.3 is 0 Å². The van der Waals surface area contributed by atoms with E-state index in [0.29, 0.717) is 19.3 Å². The van der Waals surface area contributed by atoms with Crippen LogP contribution < -0.4 is 5.32 Å². The summed E-state index contributed by atoms with van der Waals surface area (Å²) >= 11 is 0. The molecule has 0 radical (unpaired) electrons. The molecule has 19 heavy (non-hydrogen) atoms. The SMILES string of the molecule is CNC(=O)/C=C\N(C=O)C(C)OC(CO)CCCO. The molecule has 7 nitrogen and oxygen atoms in total. The first-order chi connectivity index (χ1) is 9.08. The van der Waals surface area contributed by atoms with Crippen LogP contribution in [-0.2, 0) is 14.3 Å². The molecule has 0 fully saturated rings. The lowest BCUT2D eigenvalue weighted by atomic mass is 10.2. The van der Waals surface area contributed by atoms with Crippen LogP contribution in [0.25, 0.3) is 0 Å². The third-order valence-electron chi connectivity index (χ3n) is 2.46. The van der Waals surface area contributed by atoms with Crippen LogP contribution in [0, 0.1) is 0 Å². The van der Waals surface area contributed by atoms with Crippen molar-refractivity contribution in [1.82, 2.24) is 10.2 Å². The minimum absolute atomic E-state index is 0.0161. The summed E-state index contributed by atoms with van der Waals surface area (Å²) < 4.78 is 5.47. The predicted octanol–water partition coefficient (Wildman–Crippen LogP) is -0.799. The molecule has 2 unspecified atom stereocenters.